The number of piperidine rings is 1. The third-order valence-electron chi connectivity index (χ3n) is 5.20. The van der Waals surface area contributed by atoms with E-state index in [0.717, 1.165) is 59.6 Å². The van der Waals surface area contributed by atoms with E-state index in [4.69, 9.17) is 10.5 Å². The van der Waals surface area contributed by atoms with Gasteiger partial charge in [0.25, 0.3) is 5.91 Å². The lowest BCUT2D eigenvalue weighted by molar-refractivity contribution is -0.134. The lowest BCUT2D eigenvalue weighted by atomic mass is 9.97. The van der Waals surface area contributed by atoms with Crippen LogP contribution in [0.3, 0.4) is 0 Å². The van der Waals surface area contributed by atoms with Crippen LogP contribution in [0.1, 0.15) is 35.1 Å². The standard InChI is InChI=1S/C18H29N3O2/c1-11-12(2)17(19)14(4)18(13(11)3)23-10-16(22)21(5)15-6-8-20-9-7-15/h15,20H,6-10,19H2,1-5H3. The first-order valence-electron chi connectivity index (χ1n) is 8.29. The first-order chi connectivity index (χ1) is 10.8. The van der Waals surface area contributed by atoms with E-state index in [0.29, 0.717) is 6.04 Å². The van der Waals surface area contributed by atoms with E-state index in [-0.39, 0.29) is 12.5 Å². The molecule has 0 aliphatic carbocycles. The molecular formula is C18H29N3O2. The van der Waals surface area contributed by atoms with Crippen LogP contribution in [0.25, 0.3) is 0 Å². The Hall–Kier alpha value is -1.75. The number of nitrogen functional groups attached to an aromatic ring is 1. The number of rotatable bonds is 4. The molecule has 0 saturated carbocycles. The molecular weight excluding hydrogens is 290 g/mol. The first-order valence-corrected chi connectivity index (χ1v) is 8.29. The Morgan fingerprint density at radius 2 is 1.74 bits per heavy atom. The van der Waals surface area contributed by atoms with E-state index in [1.807, 2.05) is 39.6 Å². The highest BCUT2D eigenvalue weighted by molar-refractivity contribution is 5.78. The molecule has 1 amide bonds. The fourth-order valence-electron chi connectivity index (χ4n) is 3.19. The monoisotopic (exact) mass is 319 g/mol. The molecule has 0 bridgehead atoms. The number of anilines is 1. The van der Waals surface area contributed by atoms with Gasteiger partial charge >= 0.3 is 0 Å². The van der Waals surface area contributed by atoms with Gasteiger partial charge < -0.3 is 20.7 Å². The van der Waals surface area contributed by atoms with Crippen molar-refractivity contribution in [2.24, 2.45) is 0 Å². The van der Waals surface area contributed by atoms with E-state index in [9.17, 15) is 4.79 Å². The van der Waals surface area contributed by atoms with Gasteiger partial charge in [-0.2, -0.15) is 0 Å². The molecule has 1 aromatic rings. The number of nitrogens with zero attached hydrogens (tertiary/aromatic N) is 1. The Balaban J connectivity index is 2.07. The zero-order valence-electron chi connectivity index (χ0n) is 15.0. The van der Waals surface area contributed by atoms with Crippen molar-refractivity contribution in [2.45, 2.75) is 46.6 Å². The lowest BCUT2D eigenvalue weighted by Gasteiger charge is -2.31. The molecule has 0 spiro atoms. The average Bonchev–Trinajstić information content (AvgIpc) is 2.58. The van der Waals surface area contributed by atoms with Crippen LogP contribution < -0.4 is 15.8 Å². The minimum absolute atomic E-state index is 0.0208. The molecule has 0 unspecified atom stereocenters. The second-order valence-corrected chi connectivity index (χ2v) is 6.52. The molecule has 1 aliphatic rings. The number of nitrogens with two attached hydrogens (primary N) is 1. The molecule has 3 N–H and O–H groups in total. The van der Waals surface area contributed by atoms with E-state index in [2.05, 4.69) is 5.32 Å². The van der Waals surface area contributed by atoms with Crippen molar-refractivity contribution < 1.29 is 9.53 Å². The fourth-order valence-corrected chi connectivity index (χ4v) is 3.19. The van der Waals surface area contributed by atoms with Crippen LogP contribution in [-0.2, 0) is 4.79 Å². The zero-order valence-corrected chi connectivity index (χ0v) is 15.0. The molecule has 0 aromatic heterocycles. The summed E-state index contributed by atoms with van der Waals surface area (Å²) in [5.74, 6) is 0.769. The van der Waals surface area contributed by atoms with Crippen molar-refractivity contribution in [3.05, 3.63) is 22.3 Å². The zero-order chi connectivity index (χ0) is 17.1. The van der Waals surface area contributed by atoms with Crippen LogP contribution in [0.15, 0.2) is 0 Å². The molecule has 0 radical (unpaired) electrons. The molecule has 1 aromatic carbocycles. The molecule has 128 valence electrons. The van der Waals surface area contributed by atoms with Crippen LogP contribution in [0.4, 0.5) is 5.69 Å². The number of nitrogens with one attached hydrogen (secondary N) is 1. The van der Waals surface area contributed by atoms with Gasteiger partial charge in [-0.1, -0.05) is 0 Å². The minimum Gasteiger partial charge on any atom is -0.483 e. The molecule has 1 fully saturated rings. The molecule has 1 aliphatic heterocycles. The summed E-state index contributed by atoms with van der Waals surface area (Å²) in [5.41, 5.74) is 11.1. The van der Waals surface area contributed by atoms with Crippen LogP contribution in [0.2, 0.25) is 0 Å². The second-order valence-electron chi connectivity index (χ2n) is 6.52. The average molecular weight is 319 g/mol. The number of carbonyl (C=O) groups excluding carboxylic acids is 1. The molecule has 0 atom stereocenters. The quantitative estimate of drug-likeness (QED) is 0.834. The number of hydrogen-bond donors (Lipinski definition) is 2. The number of benzene rings is 1. The van der Waals surface area contributed by atoms with Crippen molar-refractivity contribution in [2.75, 3.05) is 32.5 Å². The van der Waals surface area contributed by atoms with E-state index in [1.165, 1.54) is 0 Å². The number of ether oxygens (including phenoxy) is 1. The van der Waals surface area contributed by atoms with Crippen molar-refractivity contribution >= 4 is 11.6 Å². The third-order valence-corrected chi connectivity index (χ3v) is 5.20. The van der Waals surface area contributed by atoms with Gasteiger partial charge in [-0.3, -0.25) is 4.79 Å². The Labute approximate surface area is 139 Å². The Morgan fingerprint density at radius 3 is 2.35 bits per heavy atom. The van der Waals surface area contributed by atoms with Gasteiger partial charge in [0, 0.05) is 24.3 Å². The van der Waals surface area contributed by atoms with Crippen LogP contribution in [0, 0.1) is 27.7 Å². The first kappa shape index (κ1) is 17.6. The number of likely N-dealkylation sites (N-methyl/N-ethyl adjacent to an activating group) is 1. The largest absolute Gasteiger partial charge is 0.483 e. The summed E-state index contributed by atoms with van der Waals surface area (Å²) in [5, 5.41) is 3.32. The summed E-state index contributed by atoms with van der Waals surface area (Å²) in [6, 6.07) is 0.305. The van der Waals surface area contributed by atoms with E-state index < -0.39 is 0 Å². The molecule has 5 nitrogen and oxygen atoms in total. The van der Waals surface area contributed by atoms with Gasteiger partial charge in [0.15, 0.2) is 6.61 Å². The number of amides is 1. The highest BCUT2D eigenvalue weighted by Crippen LogP contribution is 2.34. The van der Waals surface area contributed by atoms with Gasteiger partial charge in [0.1, 0.15) is 5.75 Å². The van der Waals surface area contributed by atoms with Gasteiger partial charge in [0.2, 0.25) is 0 Å². The molecule has 5 heteroatoms. The minimum atomic E-state index is 0.0208. The van der Waals surface area contributed by atoms with Crippen molar-refractivity contribution in [3.8, 4) is 5.75 Å². The predicted molar refractivity (Wildman–Crippen MR) is 94.0 cm³/mol. The van der Waals surface area contributed by atoms with Gasteiger partial charge in [-0.25, -0.2) is 0 Å². The fraction of sp³-hybridized carbons (Fsp3) is 0.611. The topological polar surface area (TPSA) is 67.6 Å². The maximum atomic E-state index is 12.4. The van der Waals surface area contributed by atoms with Gasteiger partial charge in [0.05, 0.1) is 0 Å². The summed E-state index contributed by atoms with van der Waals surface area (Å²) < 4.78 is 5.87. The third kappa shape index (κ3) is 3.61. The summed E-state index contributed by atoms with van der Waals surface area (Å²) in [4.78, 5) is 14.3. The maximum absolute atomic E-state index is 12.4. The van der Waals surface area contributed by atoms with E-state index in [1.54, 1.807) is 0 Å². The molecule has 2 rings (SSSR count). The van der Waals surface area contributed by atoms with Crippen molar-refractivity contribution in [3.63, 3.8) is 0 Å². The molecule has 1 saturated heterocycles. The smallest absolute Gasteiger partial charge is 0.260 e. The van der Waals surface area contributed by atoms with Crippen molar-refractivity contribution in [1.82, 2.24) is 10.2 Å². The predicted octanol–water partition coefficient (Wildman–Crippen LogP) is 2.09. The van der Waals surface area contributed by atoms with Gasteiger partial charge in [-0.15, -0.1) is 0 Å². The molecule has 1 heterocycles. The summed E-state index contributed by atoms with van der Waals surface area (Å²) in [7, 11) is 1.87. The molecule has 23 heavy (non-hydrogen) atoms. The SMILES string of the molecule is Cc1c(C)c(N)c(C)c(OCC(=O)N(C)C2CCNCC2)c1C. The Bertz CT molecular complexity index is 563. The van der Waals surface area contributed by atoms with Crippen LogP contribution >= 0.6 is 0 Å². The van der Waals surface area contributed by atoms with E-state index >= 15 is 0 Å². The van der Waals surface area contributed by atoms with Crippen LogP contribution in [-0.4, -0.2) is 43.6 Å². The Kier molecular flexibility index (Phi) is 5.52. The summed E-state index contributed by atoms with van der Waals surface area (Å²) >= 11 is 0. The normalized spacial score (nSPS) is 15.5. The highest BCUT2D eigenvalue weighted by Gasteiger charge is 2.23. The van der Waals surface area contributed by atoms with Crippen LogP contribution in [0.5, 0.6) is 5.75 Å². The second kappa shape index (κ2) is 7.21. The lowest BCUT2D eigenvalue weighted by Crippen LogP contribution is -2.45. The summed E-state index contributed by atoms with van der Waals surface area (Å²) in [6.07, 6.45) is 1.99. The van der Waals surface area contributed by atoms with Gasteiger partial charge in [-0.05, 0) is 70.3 Å². The number of carbonyl (C=O) groups is 1. The Morgan fingerprint density at radius 1 is 1.13 bits per heavy atom. The summed E-state index contributed by atoms with van der Waals surface area (Å²) in [6.45, 7) is 10.0. The maximum Gasteiger partial charge on any atom is 0.260 e. The number of hydrogen-bond acceptors (Lipinski definition) is 4. The highest BCUT2D eigenvalue weighted by atomic mass is 16.5. The van der Waals surface area contributed by atoms with Crippen molar-refractivity contribution in [1.29, 1.82) is 0 Å².